The van der Waals surface area contributed by atoms with Gasteiger partial charge in [-0.05, 0) is 81.3 Å². The molecule has 0 aromatic heterocycles. The molecule has 0 aliphatic rings. The van der Waals surface area contributed by atoms with Gasteiger partial charge >= 0.3 is 0 Å². The molecule has 0 aliphatic heterocycles. The van der Waals surface area contributed by atoms with E-state index < -0.39 is 34.3 Å². The van der Waals surface area contributed by atoms with Crippen molar-refractivity contribution in [3.8, 4) is 5.75 Å². The highest BCUT2D eigenvalue weighted by Gasteiger charge is 2.32. The number of amides is 2. The van der Waals surface area contributed by atoms with Crippen LogP contribution in [0.1, 0.15) is 39.7 Å². The number of halogens is 1. The minimum Gasteiger partial charge on any atom is -0.494 e. The number of ether oxygens (including phenoxy) is 1. The Bertz CT molecular complexity index is 1370. The molecule has 0 saturated heterocycles. The summed E-state index contributed by atoms with van der Waals surface area (Å²) in [7, 11) is -4.29. The number of nitrogens with one attached hydrogen (secondary N) is 1. The molecule has 3 aromatic carbocycles. The third-order valence-corrected chi connectivity index (χ3v) is 8.27. The molecule has 0 aliphatic carbocycles. The van der Waals surface area contributed by atoms with Crippen molar-refractivity contribution >= 4 is 27.5 Å². The molecule has 8 nitrogen and oxygen atoms in total. The van der Waals surface area contributed by atoms with Gasteiger partial charge in [-0.1, -0.05) is 37.3 Å². The molecule has 214 valence electrons. The van der Waals surface area contributed by atoms with Crippen molar-refractivity contribution < 1.29 is 27.1 Å². The number of rotatable bonds is 13. The lowest BCUT2D eigenvalue weighted by atomic mass is 10.1. The van der Waals surface area contributed by atoms with Gasteiger partial charge in [-0.25, -0.2) is 12.8 Å². The van der Waals surface area contributed by atoms with Gasteiger partial charge in [0.1, 0.15) is 24.2 Å². The summed E-state index contributed by atoms with van der Waals surface area (Å²) in [6.07, 6.45) is 0.715. The number of benzene rings is 3. The van der Waals surface area contributed by atoms with Crippen LogP contribution in [0, 0.1) is 5.82 Å². The van der Waals surface area contributed by atoms with E-state index in [-0.39, 0.29) is 29.1 Å². The second kappa shape index (κ2) is 13.9. The van der Waals surface area contributed by atoms with Crippen LogP contribution in [0.15, 0.2) is 83.8 Å². The van der Waals surface area contributed by atoms with Gasteiger partial charge in [-0.15, -0.1) is 0 Å². The average molecular weight is 570 g/mol. The number of sulfonamides is 1. The fourth-order valence-electron chi connectivity index (χ4n) is 3.97. The normalized spacial score (nSPS) is 12.7. The zero-order valence-corrected chi connectivity index (χ0v) is 24.0. The van der Waals surface area contributed by atoms with Crippen LogP contribution >= 0.6 is 0 Å². The van der Waals surface area contributed by atoms with E-state index in [1.165, 1.54) is 4.90 Å². The molecule has 0 radical (unpaired) electrons. The zero-order valence-electron chi connectivity index (χ0n) is 23.2. The first-order valence-corrected chi connectivity index (χ1v) is 14.7. The highest BCUT2D eigenvalue weighted by atomic mass is 32.2. The van der Waals surface area contributed by atoms with Crippen LogP contribution in [0.3, 0.4) is 0 Å². The van der Waals surface area contributed by atoms with Crippen molar-refractivity contribution in [2.24, 2.45) is 0 Å². The molecule has 0 heterocycles. The molecule has 40 heavy (non-hydrogen) atoms. The van der Waals surface area contributed by atoms with Crippen LogP contribution in [0.2, 0.25) is 0 Å². The standard InChI is InChI=1S/C30H36FN3O5S/c1-5-22(3)32-30(36)23(4)33(20-24-10-8-7-9-11-24)29(35)21-34(26-14-16-27(17-15-26)39-6-2)40(37,38)28-18-12-25(31)13-19-28/h7-19,22-23H,5-6,20-21H2,1-4H3,(H,32,36)/t22-,23+/m0/s1. The number of anilines is 1. The first-order valence-electron chi connectivity index (χ1n) is 13.2. The SMILES string of the molecule is CCOc1ccc(N(CC(=O)N(Cc2ccccc2)[C@H](C)C(=O)N[C@@H](C)CC)S(=O)(=O)c2ccc(F)cc2)cc1. The molecular weight excluding hydrogens is 533 g/mol. The number of carbonyl (C=O) groups is 2. The first kappa shape index (κ1) is 30.6. The quantitative estimate of drug-likeness (QED) is 0.321. The van der Waals surface area contributed by atoms with Crippen LogP contribution in [-0.4, -0.2) is 50.4 Å². The minimum atomic E-state index is -4.29. The van der Waals surface area contributed by atoms with Crippen LogP contribution in [0.4, 0.5) is 10.1 Å². The van der Waals surface area contributed by atoms with Gasteiger partial charge < -0.3 is 15.0 Å². The molecule has 0 saturated carbocycles. The Morgan fingerprint density at radius 2 is 1.55 bits per heavy atom. The molecule has 2 atom stereocenters. The summed E-state index contributed by atoms with van der Waals surface area (Å²) in [4.78, 5) is 28.2. The summed E-state index contributed by atoms with van der Waals surface area (Å²) in [5, 5.41) is 2.90. The van der Waals surface area contributed by atoms with E-state index in [2.05, 4.69) is 5.32 Å². The smallest absolute Gasteiger partial charge is 0.264 e. The molecule has 0 unspecified atom stereocenters. The van der Waals surface area contributed by atoms with Gasteiger partial charge in [0.15, 0.2) is 0 Å². The van der Waals surface area contributed by atoms with Crippen LogP contribution in [-0.2, 0) is 26.2 Å². The maximum atomic E-state index is 13.9. The predicted octanol–water partition coefficient (Wildman–Crippen LogP) is 4.75. The lowest BCUT2D eigenvalue weighted by Gasteiger charge is -2.32. The maximum Gasteiger partial charge on any atom is 0.264 e. The number of hydrogen-bond donors (Lipinski definition) is 1. The van der Waals surface area contributed by atoms with E-state index in [0.29, 0.717) is 18.8 Å². The van der Waals surface area contributed by atoms with E-state index >= 15 is 0 Å². The fourth-order valence-corrected chi connectivity index (χ4v) is 5.38. The minimum absolute atomic E-state index is 0.0946. The molecule has 0 fully saturated rings. The van der Waals surface area contributed by atoms with Crippen LogP contribution in [0.25, 0.3) is 0 Å². The van der Waals surface area contributed by atoms with Crippen molar-refractivity contribution in [1.29, 1.82) is 0 Å². The number of nitrogens with zero attached hydrogens (tertiary/aromatic N) is 2. The van der Waals surface area contributed by atoms with Crippen molar-refractivity contribution in [2.75, 3.05) is 17.5 Å². The molecule has 1 N–H and O–H groups in total. The van der Waals surface area contributed by atoms with Gasteiger partial charge in [0.25, 0.3) is 10.0 Å². The lowest BCUT2D eigenvalue weighted by molar-refractivity contribution is -0.139. The summed E-state index contributed by atoms with van der Waals surface area (Å²) < 4.78 is 47.6. The van der Waals surface area contributed by atoms with Gasteiger partial charge in [0, 0.05) is 12.6 Å². The van der Waals surface area contributed by atoms with Crippen molar-refractivity contribution in [2.45, 2.75) is 57.6 Å². The molecule has 0 spiro atoms. The van der Waals surface area contributed by atoms with Gasteiger partial charge in [-0.3, -0.25) is 13.9 Å². The Morgan fingerprint density at radius 3 is 2.12 bits per heavy atom. The van der Waals surface area contributed by atoms with Crippen molar-refractivity contribution in [3.05, 3.63) is 90.2 Å². The lowest BCUT2D eigenvalue weighted by Crippen LogP contribution is -2.52. The molecule has 3 aromatic rings. The van der Waals surface area contributed by atoms with Gasteiger partial charge in [-0.2, -0.15) is 0 Å². The zero-order chi connectivity index (χ0) is 29.3. The summed E-state index contributed by atoms with van der Waals surface area (Å²) in [5.41, 5.74) is 1.01. The van der Waals surface area contributed by atoms with Crippen molar-refractivity contribution in [3.63, 3.8) is 0 Å². The first-order chi connectivity index (χ1) is 19.1. The Morgan fingerprint density at radius 1 is 0.925 bits per heavy atom. The Hall–Kier alpha value is -3.92. The monoisotopic (exact) mass is 569 g/mol. The summed E-state index contributed by atoms with van der Waals surface area (Å²) in [6, 6.07) is 18.9. The largest absolute Gasteiger partial charge is 0.494 e. The van der Waals surface area contributed by atoms with Gasteiger partial charge in [0.05, 0.1) is 17.2 Å². The van der Waals surface area contributed by atoms with E-state index in [9.17, 15) is 22.4 Å². The van der Waals surface area contributed by atoms with Crippen LogP contribution < -0.4 is 14.4 Å². The predicted molar refractivity (Wildman–Crippen MR) is 153 cm³/mol. The topological polar surface area (TPSA) is 96.0 Å². The maximum absolute atomic E-state index is 13.9. The molecular formula is C30H36FN3O5S. The second-order valence-electron chi connectivity index (χ2n) is 9.39. The van der Waals surface area contributed by atoms with E-state index in [4.69, 9.17) is 4.74 Å². The van der Waals surface area contributed by atoms with Gasteiger partial charge in [0.2, 0.25) is 11.8 Å². The number of carbonyl (C=O) groups excluding carboxylic acids is 2. The highest BCUT2D eigenvalue weighted by molar-refractivity contribution is 7.92. The Labute approximate surface area is 235 Å². The van der Waals surface area contributed by atoms with E-state index in [1.807, 2.05) is 51.1 Å². The van der Waals surface area contributed by atoms with E-state index in [0.717, 1.165) is 34.1 Å². The molecule has 10 heteroatoms. The summed E-state index contributed by atoms with van der Waals surface area (Å²) >= 11 is 0. The summed E-state index contributed by atoms with van der Waals surface area (Å²) in [6.45, 7) is 7.21. The highest BCUT2D eigenvalue weighted by Crippen LogP contribution is 2.27. The number of hydrogen-bond acceptors (Lipinski definition) is 5. The van der Waals surface area contributed by atoms with Crippen molar-refractivity contribution in [1.82, 2.24) is 10.2 Å². The van der Waals surface area contributed by atoms with Crippen LogP contribution in [0.5, 0.6) is 5.75 Å². The second-order valence-corrected chi connectivity index (χ2v) is 11.3. The third-order valence-electron chi connectivity index (χ3n) is 6.48. The summed E-state index contributed by atoms with van der Waals surface area (Å²) in [5.74, 6) is -0.960. The molecule has 3 rings (SSSR count). The van der Waals surface area contributed by atoms with E-state index in [1.54, 1.807) is 31.2 Å². The Balaban J connectivity index is 2.01. The Kier molecular flexibility index (Phi) is 10.7. The fraction of sp³-hybridized carbons (Fsp3) is 0.333. The average Bonchev–Trinajstić information content (AvgIpc) is 2.95. The molecule has 2 amide bonds. The molecule has 0 bridgehead atoms. The third kappa shape index (κ3) is 7.81.